The molecule has 0 unspecified atom stereocenters. The van der Waals surface area contributed by atoms with E-state index in [9.17, 15) is 23.1 Å². The maximum Gasteiger partial charge on any atom is 0.326 e. The van der Waals surface area contributed by atoms with E-state index in [-0.39, 0.29) is 23.5 Å². The number of carbonyl (C=O) groups is 2. The smallest absolute Gasteiger partial charge is 0.326 e. The molecule has 0 aromatic heterocycles. The Morgan fingerprint density at radius 1 is 0.897 bits per heavy atom. The van der Waals surface area contributed by atoms with Crippen LogP contribution < -0.4 is 5.32 Å². The summed E-state index contributed by atoms with van der Waals surface area (Å²) in [7, 11) is -3.62. The van der Waals surface area contributed by atoms with Crippen LogP contribution in [-0.4, -0.2) is 37.2 Å². The first-order chi connectivity index (χ1) is 13.8. The molecule has 0 aliphatic rings. The van der Waals surface area contributed by atoms with Gasteiger partial charge >= 0.3 is 5.97 Å². The molecule has 0 radical (unpaired) electrons. The normalized spacial score (nSPS) is 12.4. The summed E-state index contributed by atoms with van der Waals surface area (Å²) >= 11 is 0. The van der Waals surface area contributed by atoms with Gasteiger partial charge in [-0.2, -0.15) is 0 Å². The van der Waals surface area contributed by atoms with Gasteiger partial charge in [-0.3, -0.25) is 4.79 Å². The summed E-state index contributed by atoms with van der Waals surface area (Å²) in [5.41, 5.74) is 0.752. The van der Waals surface area contributed by atoms with Gasteiger partial charge in [-0.25, -0.2) is 13.2 Å². The first-order valence-electron chi connectivity index (χ1n) is 9.13. The Labute approximate surface area is 169 Å². The number of carbonyl (C=O) groups excluding carboxylic acids is 1. The summed E-state index contributed by atoms with van der Waals surface area (Å²) in [6.45, 7) is 0. The average Bonchev–Trinajstić information content (AvgIpc) is 2.71. The average molecular weight is 411 g/mol. The summed E-state index contributed by atoms with van der Waals surface area (Å²) in [4.78, 5) is 24.0. The molecule has 7 heteroatoms. The van der Waals surface area contributed by atoms with Gasteiger partial charge in [-0.1, -0.05) is 60.7 Å². The van der Waals surface area contributed by atoms with Crippen molar-refractivity contribution in [3.05, 3.63) is 78.4 Å². The van der Waals surface area contributed by atoms with Gasteiger partial charge in [-0.15, -0.1) is 0 Å². The van der Waals surface area contributed by atoms with Crippen LogP contribution in [0.4, 0.5) is 0 Å². The highest BCUT2D eigenvalue weighted by atomic mass is 32.2. The third-order valence-corrected chi connectivity index (χ3v) is 6.35. The van der Waals surface area contributed by atoms with E-state index in [4.69, 9.17) is 0 Å². The van der Waals surface area contributed by atoms with Crippen molar-refractivity contribution in [3.8, 4) is 0 Å². The molecule has 3 aromatic carbocycles. The van der Waals surface area contributed by atoms with Crippen molar-refractivity contribution in [2.24, 2.45) is 0 Å². The van der Waals surface area contributed by atoms with Gasteiger partial charge in [0.1, 0.15) is 6.04 Å². The highest BCUT2D eigenvalue weighted by Gasteiger charge is 2.24. The minimum Gasteiger partial charge on any atom is -0.480 e. The third-order valence-electron chi connectivity index (χ3n) is 4.59. The zero-order chi connectivity index (χ0) is 20.9. The van der Waals surface area contributed by atoms with Crippen molar-refractivity contribution >= 4 is 32.5 Å². The molecule has 2 N–H and O–H groups in total. The van der Waals surface area contributed by atoms with Crippen LogP contribution in [0, 0.1) is 0 Å². The minimum atomic E-state index is -3.62. The number of fused-ring (bicyclic) bond motifs is 1. The van der Waals surface area contributed by atoms with E-state index in [0.717, 1.165) is 16.3 Å². The van der Waals surface area contributed by atoms with Gasteiger partial charge < -0.3 is 10.4 Å². The number of aliphatic carboxylic acids is 1. The molecule has 0 heterocycles. The van der Waals surface area contributed by atoms with Gasteiger partial charge in [0.25, 0.3) is 0 Å². The third kappa shape index (κ3) is 5.42. The van der Waals surface area contributed by atoms with Crippen molar-refractivity contribution in [2.75, 3.05) is 5.75 Å². The maximum atomic E-state index is 12.4. The minimum absolute atomic E-state index is 0.0139. The van der Waals surface area contributed by atoms with E-state index in [2.05, 4.69) is 5.32 Å². The van der Waals surface area contributed by atoms with E-state index in [1.807, 2.05) is 42.5 Å². The molecular formula is C22H21NO5S. The Hall–Kier alpha value is -3.19. The fraction of sp³-hybridized carbons (Fsp3) is 0.182. The van der Waals surface area contributed by atoms with E-state index < -0.39 is 27.8 Å². The predicted octanol–water partition coefficient (Wildman–Crippen LogP) is 2.82. The second-order valence-electron chi connectivity index (χ2n) is 6.74. The Kier molecular flexibility index (Phi) is 6.29. The van der Waals surface area contributed by atoms with Crippen LogP contribution in [0.5, 0.6) is 0 Å². The fourth-order valence-corrected chi connectivity index (χ4v) is 4.41. The molecule has 150 valence electrons. The summed E-state index contributed by atoms with van der Waals surface area (Å²) in [6, 6.07) is 19.9. The lowest BCUT2D eigenvalue weighted by atomic mass is 10.0. The molecule has 3 aromatic rings. The summed E-state index contributed by atoms with van der Waals surface area (Å²) in [6.07, 6.45) is -0.198. The standard InChI is InChI=1S/C22H21NO5S/c24-21(15-16-10-11-17-6-4-5-7-18(17)14-16)23-20(22(25)26)12-13-29(27,28)19-8-2-1-3-9-19/h1-11,14,20H,12-13,15H2,(H,23,24)(H,25,26)/t20-/m0/s1. The summed E-state index contributed by atoms with van der Waals surface area (Å²) < 4.78 is 24.7. The molecule has 6 nitrogen and oxygen atoms in total. The van der Waals surface area contributed by atoms with E-state index in [0.29, 0.717) is 0 Å². The van der Waals surface area contributed by atoms with Crippen LogP contribution >= 0.6 is 0 Å². The predicted molar refractivity (Wildman–Crippen MR) is 110 cm³/mol. The lowest BCUT2D eigenvalue weighted by molar-refractivity contribution is -0.141. The van der Waals surface area contributed by atoms with Crippen LogP contribution in [0.1, 0.15) is 12.0 Å². The zero-order valence-corrected chi connectivity index (χ0v) is 16.4. The maximum absolute atomic E-state index is 12.4. The van der Waals surface area contributed by atoms with Gasteiger partial charge in [0.15, 0.2) is 9.84 Å². The van der Waals surface area contributed by atoms with Crippen molar-refractivity contribution < 1.29 is 23.1 Å². The fourth-order valence-electron chi connectivity index (χ4n) is 3.06. The molecule has 0 saturated heterocycles. The second-order valence-corrected chi connectivity index (χ2v) is 8.85. The topological polar surface area (TPSA) is 101 Å². The first kappa shape index (κ1) is 20.5. The number of benzene rings is 3. The van der Waals surface area contributed by atoms with E-state index in [1.54, 1.807) is 18.2 Å². The Morgan fingerprint density at radius 3 is 2.24 bits per heavy atom. The number of carboxylic acids is 1. The molecule has 0 bridgehead atoms. The van der Waals surface area contributed by atoms with Gasteiger partial charge in [0.05, 0.1) is 17.1 Å². The molecule has 0 aliphatic heterocycles. The molecule has 3 rings (SSSR count). The number of hydrogen-bond acceptors (Lipinski definition) is 4. The number of rotatable bonds is 8. The molecule has 0 aliphatic carbocycles. The van der Waals surface area contributed by atoms with Crippen LogP contribution in [0.15, 0.2) is 77.7 Å². The Balaban J connectivity index is 1.63. The van der Waals surface area contributed by atoms with Crippen molar-refractivity contribution in [3.63, 3.8) is 0 Å². The molecule has 1 amide bonds. The number of carboxylic acid groups (broad SMARTS) is 1. The SMILES string of the molecule is O=C(Cc1ccc2ccccc2c1)N[C@@H](CCS(=O)(=O)c1ccccc1)C(=O)O. The lowest BCUT2D eigenvalue weighted by Gasteiger charge is -2.15. The molecule has 29 heavy (non-hydrogen) atoms. The molecule has 1 atom stereocenters. The first-order valence-corrected chi connectivity index (χ1v) is 10.8. The number of hydrogen-bond donors (Lipinski definition) is 2. The van der Waals surface area contributed by atoms with Crippen LogP contribution in [0.25, 0.3) is 10.8 Å². The number of sulfone groups is 1. The Morgan fingerprint density at radius 2 is 1.55 bits per heavy atom. The molecule has 0 fully saturated rings. The van der Waals surface area contributed by atoms with Crippen LogP contribution in [0.2, 0.25) is 0 Å². The van der Waals surface area contributed by atoms with Crippen molar-refractivity contribution in [2.45, 2.75) is 23.8 Å². The van der Waals surface area contributed by atoms with Crippen LogP contribution in [0.3, 0.4) is 0 Å². The van der Waals surface area contributed by atoms with Gasteiger partial charge in [0, 0.05) is 0 Å². The van der Waals surface area contributed by atoms with Crippen molar-refractivity contribution in [1.82, 2.24) is 5.32 Å². The summed E-state index contributed by atoms with van der Waals surface area (Å²) in [5, 5.41) is 13.9. The highest BCUT2D eigenvalue weighted by molar-refractivity contribution is 7.91. The van der Waals surface area contributed by atoms with Gasteiger partial charge in [-0.05, 0) is 34.9 Å². The van der Waals surface area contributed by atoms with E-state index in [1.165, 1.54) is 12.1 Å². The quantitative estimate of drug-likeness (QED) is 0.594. The monoisotopic (exact) mass is 411 g/mol. The Bertz CT molecular complexity index is 1130. The van der Waals surface area contributed by atoms with Crippen LogP contribution in [-0.2, 0) is 25.8 Å². The molecular weight excluding hydrogens is 390 g/mol. The lowest BCUT2D eigenvalue weighted by Crippen LogP contribution is -2.42. The second kappa shape index (κ2) is 8.87. The number of nitrogens with one attached hydrogen (secondary N) is 1. The highest BCUT2D eigenvalue weighted by Crippen LogP contribution is 2.16. The number of amides is 1. The summed E-state index contributed by atoms with van der Waals surface area (Å²) in [5.74, 6) is -2.10. The van der Waals surface area contributed by atoms with E-state index >= 15 is 0 Å². The molecule has 0 saturated carbocycles. The largest absolute Gasteiger partial charge is 0.480 e. The molecule has 0 spiro atoms. The van der Waals surface area contributed by atoms with Gasteiger partial charge in [0.2, 0.25) is 5.91 Å². The van der Waals surface area contributed by atoms with Crippen molar-refractivity contribution in [1.29, 1.82) is 0 Å². The zero-order valence-electron chi connectivity index (χ0n) is 15.6.